The Morgan fingerprint density at radius 2 is 1.79 bits per heavy atom. The molecule has 13 nitrogen and oxygen atoms in total. The Bertz CT molecular complexity index is 1520. The topological polar surface area (TPSA) is 144 Å². The van der Waals surface area contributed by atoms with Crippen molar-refractivity contribution in [1.29, 1.82) is 0 Å². The van der Waals surface area contributed by atoms with Gasteiger partial charge in [-0.3, -0.25) is 4.68 Å². The van der Waals surface area contributed by atoms with Crippen molar-refractivity contribution in [3.63, 3.8) is 0 Å². The van der Waals surface area contributed by atoms with Gasteiger partial charge in [-0.2, -0.15) is 10.1 Å². The summed E-state index contributed by atoms with van der Waals surface area (Å²) in [5.74, 6) is 2.07. The maximum atomic E-state index is 12.7. The lowest BCUT2D eigenvalue weighted by Crippen LogP contribution is -2.46. The normalized spacial score (nSPS) is 16.1. The lowest BCUT2D eigenvalue weighted by atomic mass is 10.1. The number of halogens is 1. The number of anilines is 3. The minimum atomic E-state index is -0.254. The Labute approximate surface area is 254 Å². The largest absolute Gasteiger partial charge is 0.437 e. The van der Waals surface area contributed by atoms with Crippen LogP contribution in [0.2, 0.25) is 5.02 Å². The van der Waals surface area contributed by atoms with E-state index in [1.807, 2.05) is 25.4 Å². The van der Waals surface area contributed by atoms with Crippen LogP contribution in [0.3, 0.4) is 0 Å². The van der Waals surface area contributed by atoms with E-state index in [1.165, 1.54) is 6.20 Å². The van der Waals surface area contributed by atoms with Gasteiger partial charge in [0.1, 0.15) is 10.8 Å². The summed E-state index contributed by atoms with van der Waals surface area (Å²) in [4.78, 5) is 23.6. The molecule has 1 aromatic carbocycles. The van der Waals surface area contributed by atoms with Gasteiger partial charge < -0.3 is 30.3 Å². The molecule has 14 heteroatoms. The van der Waals surface area contributed by atoms with Gasteiger partial charge in [-0.15, -0.1) is 10.2 Å². The highest BCUT2D eigenvalue weighted by molar-refractivity contribution is 6.31. The number of nitrogens with one attached hydrogen (secondary N) is 3. The molecule has 0 aliphatic carbocycles. The van der Waals surface area contributed by atoms with E-state index < -0.39 is 0 Å². The number of urea groups is 1. The zero-order valence-corrected chi connectivity index (χ0v) is 24.5. The smallest absolute Gasteiger partial charge is 0.319 e. The average Bonchev–Trinajstić information content (AvgIpc) is 3.47. The SMILES string of the molecule is Cn1cc(-c2ccc(N3CCC(NC(=O)Nc4ccc(Oc5nc(NC6CCOCC6)ncc5Cl)cc4)CC3)nn2)cn1. The molecule has 2 fully saturated rings. The maximum absolute atomic E-state index is 12.7. The molecule has 5 heterocycles. The number of hydrogen-bond donors (Lipinski definition) is 3. The number of ether oxygens (including phenoxy) is 2. The maximum Gasteiger partial charge on any atom is 0.319 e. The summed E-state index contributed by atoms with van der Waals surface area (Å²) in [6.45, 7) is 2.97. The van der Waals surface area contributed by atoms with Crippen LogP contribution in [0.1, 0.15) is 25.7 Å². The molecule has 2 aliphatic rings. The number of benzene rings is 1. The number of hydrogen-bond acceptors (Lipinski definition) is 10. The van der Waals surface area contributed by atoms with Gasteiger partial charge in [0.15, 0.2) is 5.82 Å². The quantitative estimate of drug-likeness (QED) is 0.263. The molecule has 4 aromatic rings. The highest BCUT2D eigenvalue weighted by Gasteiger charge is 2.22. The number of carbonyl (C=O) groups excluding carboxylic acids is 1. The summed E-state index contributed by atoms with van der Waals surface area (Å²) >= 11 is 6.28. The summed E-state index contributed by atoms with van der Waals surface area (Å²) in [5.41, 5.74) is 2.36. The first-order valence-electron chi connectivity index (χ1n) is 14.3. The van der Waals surface area contributed by atoms with Crippen LogP contribution >= 0.6 is 11.6 Å². The number of piperidine rings is 1. The number of nitrogens with zero attached hydrogens (tertiary/aromatic N) is 7. The van der Waals surface area contributed by atoms with Gasteiger partial charge in [-0.25, -0.2) is 9.78 Å². The van der Waals surface area contributed by atoms with Crippen LogP contribution in [0.25, 0.3) is 11.3 Å². The predicted octanol–water partition coefficient (Wildman–Crippen LogP) is 4.49. The van der Waals surface area contributed by atoms with Crippen LogP contribution in [0, 0.1) is 0 Å². The number of carbonyl (C=O) groups is 1. The summed E-state index contributed by atoms with van der Waals surface area (Å²) < 4.78 is 13.0. The molecule has 3 N–H and O–H groups in total. The molecule has 2 aliphatic heterocycles. The highest BCUT2D eigenvalue weighted by atomic mass is 35.5. The van der Waals surface area contributed by atoms with Crippen molar-refractivity contribution >= 4 is 35.1 Å². The van der Waals surface area contributed by atoms with Crippen LogP contribution in [0.5, 0.6) is 11.6 Å². The second-order valence-corrected chi connectivity index (χ2v) is 11.0. The zero-order chi connectivity index (χ0) is 29.6. The Morgan fingerprint density at radius 3 is 2.49 bits per heavy atom. The van der Waals surface area contributed by atoms with E-state index in [-0.39, 0.29) is 24.0 Å². The molecule has 2 saturated heterocycles. The Hall–Kier alpha value is -4.49. The van der Waals surface area contributed by atoms with Gasteiger partial charge in [0.2, 0.25) is 11.8 Å². The van der Waals surface area contributed by atoms with E-state index in [0.29, 0.717) is 35.6 Å². The van der Waals surface area contributed by atoms with Crippen LogP contribution in [-0.2, 0) is 11.8 Å². The van der Waals surface area contributed by atoms with E-state index in [2.05, 4.69) is 46.1 Å². The first-order valence-corrected chi connectivity index (χ1v) is 14.7. The number of aryl methyl sites for hydroxylation is 1. The molecule has 0 bridgehead atoms. The van der Waals surface area contributed by atoms with Crippen molar-refractivity contribution in [1.82, 2.24) is 35.3 Å². The van der Waals surface area contributed by atoms with Crippen LogP contribution in [-0.4, -0.2) is 74.4 Å². The Balaban J connectivity index is 0.960. The van der Waals surface area contributed by atoms with E-state index in [1.54, 1.807) is 35.1 Å². The van der Waals surface area contributed by atoms with E-state index in [0.717, 1.165) is 55.8 Å². The van der Waals surface area contributed by atoms with Gasteiger partial charge in [0, 0.05) is 62.9 Å². The first kappa shape index (κ1) is 28.6. The molecular formula is C29H33ClN10O3. The molecule has 0 saturated carbocycles. The average molecular weight is 605 g/mol. The van der Waals surface area contributed by atoms with Gasteiger partial charge in [0.05, 0.1) is 18.1 Å². The fourth-order valence-electron chi connectivity index (χ4n) is 5.04. The fourth-order valence-corrected chi connectivity index (χ4v) is 5.17. The monoisotopic (exact) mass is 604 g/mol. The molecule has 224 valence electrons. The Kier molecular flexibility index (Phi) is 8.80. The van der Waals surface area contributed by atoms with Crippen molar-refractivity contribution in [2.45, 2.75) is 37.8 Å². The molecule has 3 aromatic heterocycles. The summed E-state index contributed by atoms with van der Waals surface area (Å²) in [6.07, 6.45) is 8.58. The standard InChI is InChI=1S/C29H33ClN10O3/c1-39-18-19(16-32-39)25-6-7-26(38-37-25)40-12-8-21(9-13-40)35-29(41)34-20-2-4-23(5-3-20)43-27-24(30)17-31-28(36-27)33-22-10-14-42-15-11-22/h2-7,16-18,21-22H,8-15H2,1H3,(H,31,33,36)(H2,34,35,41). The first-order chi connectivity index (χ1) is 21.0. The third-order valence-corrected chi connectivity index (χ3v) is 7.66. The summed E-state index contributed by atoms with van der Waals surface area (Å²) in [7, 11) is 1.87. The third-order valence-electron chi connectivity index (χ3n) is 7.40. The van der Waals surface area contributed by atoms with Gasteiger partial charge >= 0.3 is 6.03 Å². The molecule has 6 rings (SSSR count). The number of rotatable bonds is 8. The van der Waals surface area contributed by atoms with Crippen molar-refractivity contribution in [2.75, 3.05) is 41.8 Å². The Morgan fingerprint density at radius 1 is 1.00 bits per heavy atom. The van der Waals surface area contributed by atoms with Gasteiger partial charge in [-0.1, -0.05) is 11.6 Å². The second-order valence-electron chi connectivity index (χ2n) is 10.5. The molecule has 0 unspecified atom stereocenters. The number of amides is 2. The van der Waals surface area contributed by atoms with Gasteiger partial charge in [0.25, 0.3) is 0 Å². The molecule has 43 heavy (non-hydrogen) atoms. The molecule has 2 amide bonds. The lowest BCUT2D eigenvalue weighted by molar-refractivity contribution is 0.0903. The van der Waals surface area contributed by atoms with Crippen LogP contribution in [0.15, 0.2) is 55.0 Å². The van der Waals surface area contributed by atoms with Gasteiger partial charge in [-0.05, 0) is 62.1 Å². The molecule has 0 spiro atoms. The minimum Gasteiger partial charge on any atom is -0.437 e. The summed E-state index contributed by atoms with van der Waals surface area (Å²) in [6, 6.07) is 11.0. The minimum absolute atomic E-state index is 0.0605. The van der Waals surface area contributed by atoms with E-state index in [4.69, 9.17) is 21.1 Å². The predicted molar refractivity (Wildman–Crippen MR) is 163 cm³/mol. The molecule has 0 atom stereocenters. The van der Waals surface area contributed by atoms with Crippen LogP contribution < -0.4 is 25.6 Å². The highest BCUT2D eigenvalue weighted by Crippen LogP contribution is 2.29. The van der Waals surface area contributed by atoms with E-state index >= 15 is 0 Å². The molecular weight excluding hydrogens is 572 g/mol. The zero-order valence-electron chi connectivity index (χ0n) is 23.7. The van der Waals surface area contributed by atoms with Crippen LogP contribution in [0.4, 0.5) is 22.2 Å². The van der Waals surface area contributed by atoms with E-state index in [9.17, 15) is 4.79 Å². The third kappa shape index (κ3) is 7.48. The summed E-state index contributed by atoms with van der Waals surface area (Å²) in [5, 5.41) is 22.5. The lowest BCUT2D eigenvalue weighted by Gasteiger charge is -2.32. The van der Waals surface area contributed by atoms with Crippen molar-refractivity contribution in [2.24, 2.45) is 7.05 Å². The van der Waals surface area contributed by atoms with Crippen molar-refractivity contribution < 1.29 is 14.3 Å². The second kappa shape index (κ2) is 13.2. The van der Waals surface area contributed by atoms with Crippen molar-refractivity contribution in [3.05, 3.63) is 60.0 Å². The fraction of sp³-hybridized carbons (Fsp3) is 0.379. The van der Waals surface area contributed by atoms with Crippen molar-refractivity contribution in [3.8, 4) is 22.9 Å². The number of aromatic nitrogens is 6. The molecule has 0 radical (unpaired) electrons.